The standard InChI is InChI=1S/C22H20N6O3/c29-19-11-14(12-28(19)20-15-5-1-4-8-18(15)25-26-20)21(30)23-9-10-27-13-24-17-7-3-2-6-16(17)22(27)31/h1-8,13-14H,9-12H2,(H,23,30)(H,25,26)/t14-/m0/s1. The van der Waals surface area contributed by atoms with Crippen molar-refractivity contribution in [3.8, 4) is 0 Å². The first kappa shape index (κ1) is 19.0. The summed E-state index contributed by atoms with van der Waals surface area (Å²) >= 11 is 0. The number of hydrogen-bond acceptors (Lipinski definition) is 5. The molecule has 9 heteroatoms. The number of benzene rings is 2. The van der Waals surface area contributed by atoms with E-state index >= 15 is 0 Å². The van der Waals surface area contributed by atoms with Crippen molar-refractivity contribution in [2.45, 2.75) is 13.0 Å². The Kier molecular flexibility index (Phi) is 4.70. The lowest BCUT2D eigenvalue weighted by atomic mass is 10.1. The number of nitrogens with zero attached hydrogens (tertiary/aromatic N) is 4. The summed E-state index contributed by atoms with van der Waals surface area (Å²) in [5.41, 5.74) is 1.34. The van der Waals surface area contributed by atoms with Crippen LogP contribution in [0.5, 0.6) is 0 Å². The highest BCUT2D eigenvalue weighted by Crippen LogP contribution is 2.29. The van der Waals surface area contributed by atoms with Crippen LogP contribution in [0.2, 0.25) is 0 Å². The van der Waals surface area contributed by atoms with Gasteiger partial charge in [0.25, 0.3) is 5.56 Å². The smallest absolute Gasteiger partial charge is 0.261 e. The Morgan fingerprint density at radius 1 is 1.10 bits per heavy atom. The number of anilines is 1. The molecule has 0 radical (unpaired) electrons. The van der Waals surface area contributed by atoms with Crippen LogP contribution < -0.4 is 15.8 Å². The van der Waals surface area contributed by atoms with Gasteiger partial charge in [-0.1, -0.05) is 24.3 Å². The molecule has 0 saturated carbocycles. The van der Waals surface area contributed by atoms with Gasteiger partial charge in [-0.05, 0) is 24.3 Å². The van der Waals surface area contributed by atoms with E-state index in [0.717, 1.165) is 10.9 Å². The predicted molar refractivity (Wildman–Crippen MR) is 116 cm³/mol. The number of fused-ring (bicyclic) bond motifs is 2. The second kappa shape index (κ2) is 7.67. The molecular formula is C22H20N6O3. The quantitative estimate of drug-likeness (QED) is 0.511. The molecule has 2 aromatic carbocycles. The Morgan fingerprint density at radius 2 is 1.87 bits per heavy atom. The van der Waals surface area contributed by atoms with Crippen molar-refractivity contribution >= 4 is 39.4 Å². The number of hydrogen-bond donors (Lipinski definition) is 2. The van der Waals surface area contributed by atoms with Crippen molar-refractivity contribution in [3.05, 3.63) is 65.2 Å². The SMILES string of the molecule is O=C(NCCn1cnc2ccccc2c1=O)[C@H]1CC(=O)N(c2n[nH]c3ccccc23)C1. The Morgan fingerprint density at radius 3 is 2.74 bits per heavy atom. The molecule has 1 aliphatic heterocycles. The highest BCUT2D eigenvalue weighted by Gasteiger charge is 2.36. The number of carbonyl (C=O) groups excluding carboxylic acids is 2. The van der Waals surface area contributed by atoms with E-state index in [9.17, 15) is 14.4 Å². The van der Waals surface area contributed by atoms with Crippen LogP contribution in [0.4, 0.5) is 5.82 Å². The van der Waals surface area contributed by atoms with Gasteiger partial charge in [0.2, 0.25) is 11.8 Å². The lowest BCUT2D eigenvalue weighted by molar-refractivity contribution is -0.126. The Labute approximate surface area is 176 Å². The van der Waals surface area contributed by atoms with Crippen molar-refractivity contribution in [1.82, 2.24) is 25.1 Å². The number of carbonyl (C=O) groups is 2. The fraction of sp³-hybridized carbons (Fsp3) is 0.227. The fourth-order valence-electron chi connectivity index (χ4n) is 3.95. The van der Waals surface area contributed by atoms with Gasteiger partial charge >= 0.3 is 0 Å². The van der Waals surface area contributed by atoms with Crippen molar-refractivity contribution in [3.63, 3.8) is 0 Å². The minimum absolute atomic E-state index is 0.129. The Bertz CT molecular complexity index is 1360. The second-order valence-electron chi connectivity index (χ2n) is 7.55. The number of nitrogens with one attached hydrogen (secondary N) is 2. The van der Waals surface area contributed by atoms with Crippen molar-refractivity contribution in [1.29, 1.82) is 0 Å². The van der Waals surface area contributed by atoms with Crippen molar-refractivity contribution < 1.29 is 9.59 Å². The zero-order valence-corrected chi connectivity index (χ0v) is 16.6. The third-order valence-corrected chi connectivity index (χ3v) is 5.59. The monoisotopic (exact) mass is 416 g/mol. The van der Waals surface area contributed by atoms with Crippen LogP contribution in [0.3, 0.4) is 0 Å². The molecular weight excluding hydrogens is 396 g/mol. The van der Waals surface area contributed by atoms with Crippen LogP contribution in [0.15, 0.2) is 59.7 Å². The number of para-hydroxylation sites is 2. The molecule has 4 aromatic rings. The zero-order chi connectivity index (χ0) is 21.4. The van der Waals surface area contributed by atoms with Gasteiger partial charge in [0, 0.05) is 31.4 Å². The summed E-state index contributed by atoms with van der Waals surface area (Å²) in [4.78, 5) is 43.5. The minimum atomic E-state index is -0.464. The third kappa shape index (κ3) is 3.43. The van der Waals surface area contributed by atoms with E-state index < -0.39 is 5.92 Å². The first-order valence-electron chi connectivity index (χ1n) is 10.1. The first-order chi connectivity index (χ1) is 15.1. The predicted octanol–water partition coefficient (Wildman–Crippen LogP) is 1.44. The summed E-state index contributed by atoms with van der Waals surface area (Å²) in [5.74, 6) is -0.260. The molecule has 0 bridgehead atoms. The molecule has 0 unspecified atom stereocenters. The van der Waals surface area contributed by atoms with Gasteiger partial charge in [0.15, 0.2) is 5.82 Å². The van der Waals surface area contributed by atoms with Crippen LogP contribution in [0.25, 0.3) is 21.8 Å². The summed E-state index contributed by atoms with van der Waals surface area (Å²) < 4.78 is 1.48. The molecule has 2 aromatic heterocycles. The molecule has 3 heterocycles. The van der Waals surface area contributed by atoms with Crippen LogP contribution in [0.1, 0.15) is 6.42 Å². The number of H-pyrrole nitrogens is 1. The van der Waals surface area contributed by atoms with Gasteiger partial charge in [0.1, 0.15) is 0 Å². The first-order valence-corrected chi connectivity index (χ1v) is 10.1. The van der Waals surface area contributed by atoms with Crippen molar-refractivity contribution in [2.75, 3.05) is 18.0 Å². The maximum absolute atomic E-state index is 12.6. The largest absolute Gasteiger partial charge is 0.354 e. The van der Waals surface area contributed by atoms with E-state index in [0.29, 0.717) is 23.3 Å². The maximum atomic E-state index is 12.6. The summed E-state index contributed by atoms with van der Waals surface area (Å²) in [6.45, 7) is 0.850. The summed E-state index contributed by atoms with van der Waals surface area (Å²) in [5, 5.41) is 11.4. The lowest BCUT2D eigenvalue weighted by Gasteiger charge is -2.14. The topological polar surface area (TPSA) is 113 Å². The van der Waals surface area contributed by atoms with E-state index in [-0.39, 0.29) is 36.9 Å². The fourth-order valence-corrected chi connectivity index (χ4v) is 3.95. The molecule has 2 amide bonds. The molecule has 156 valence electrons. The van der Waals surface area contributed by atoms with Gasteiger partial charge in [-0.3, -0.25) is 28.9 Å². The van der Waals surface area contributed by atoms with E-state index in [2.05, 4.69) is 20.5 Å². The van der Waals surface area contributed by atoms with Crippen LogP contribution in [-0.2, 0) is 16.1 Å². The second-order valence-corrected chi connectivity index (χ2v) is 7.55. The van der Waals surface area contributed by atoms with E-state index in [4.69, 9.17) is 0 Å². The van der Waals surface area contributed by atoms with Crippen LogP contribution in [0, 0.1) is 5.92 Å². The average Bonchev–Trinajstić information content (AvgIpc) is 3.38. The third-order valence-electron chi connectivity index (χ3n) is 5.59. The molecule has 1 aliphatic rings. The number of rotatable bonds is 5. The number of aromatic amines is 1. The molecule has 1 saturated heterocycles. The van der Waals surface area contributed by atoms with Gasteiger partial charge in [-0.2, -0.15) is 5.10 Å². The number of aromatic nitrogens is 4. The van der Waals surface area contributed by atoms with Gasteiger partial charge in [0.05, 0.1) is 28.7 Å². The van der Waals surface area contributed by atoms with E-state index in [1.807, 2.05) is 30.3 Å². The lowest BCUT2D eigenvalue weighted by Crippen LogP contribution is -2.36. The molecule has 1 atom stereocenters. The molecule has 0 spiro atoms. The average molecular weight is 416 g/mol. The molecule has 2 N–H and O–H groups in total. The van der Waals surface area contributed by atoms with Crippen LogP contribution >= 0.6 is 0 Å². The zero-order valence-electron chi connectivity index (χ0n) is 16.6. The maximum Gasteiger partial charge on any atom is 0.261 e. The highest BCUT2D eigenvalue weighted by molar-refractivity contribution is 6.05. The molecule has 31 heavy (non-hydrogen) atoms. The van der Waals surface area contributed by atoms with Crippen LogP contribution in [-0.4, -0.2) is 44.7 Å². The highest BCUT2D eigenvalue weighted by atomic mass is 16.2. The molecule has 0 aliphatic carbocycles. The molecule has 1 fully saturated rings. The Hall–Kier alpha value is -4.01. The normalized spacial score (nSPS) is 16.3. The Balaban J connectivity index is 1.23. The van der Waals surface area contributed by atoms with Crippen molar-refractivity contribution in [2.24, 2.45) is 5.92 Å². The summed E-state index contributed by atoms with van der Waals surface area (Å²) in [6, 6.07) is 14.7. The minimum Gasteiger partial charge on any atom is -0.354 e. The summed E-state index contributed by atoms with van der Waals surface area (Å²) in [7, 11) is 0. The van der Waals surface area contributed by atoms with Gasteiger partial charge in [-0.15, -0.1) is 0 Å². The molecule has 9 nitrogen and oxygen atoms in total. The van der Waals surface area contributed by atoms with E-state index in [1.54, 1.807) is 23.1 Å². The summed E-state index contributed by atoms with van der Waals surface area (Å²) in [6.07, 6.45) is 1.62. The van der Waals surface area contributed by atoms with Gasteiger partial charge in [-0.25, -0.2) is 4.98 Å². The molecule has 5 rings (SSSR count). The van der Waals surface area contributed by atoms with E-state index in [1.165, 1.54) is 10.9 Å². The van der Waals surface area contributed by atoms with Gasteiger partial charge < -0.3 is 5.32 Å². The number of amides is 2.